The number of hydrogen-bond donors (Lipinski definition) is 2. The first kappa shape index (κ1) is 14.8. The monoisotopic (exact) mass is 529 g/mol. The molecule has 1 aromatic heterocycles. The van der Waals surface area contributed by atoms with Crippen molar-refractivity contribution in [2.75, 3.05) is 6.61 Å². The van der Waals surface area contributed by atoms with Crippen molar-refractivity contribution >= 4 is 16.7 Å². The third-order valence-corrected chi connectivity index (χ3v) is 6.33. The van der Waals surface area contributed by atoms with Gasteiger partial charge in [0.05, 0.1) is 38.3 Å². The van der Waals surface area contributed by atoms with Crippen molar-refractivity contribution in [3.8, 4) is 11.5 Å². The summed E-state index contributed by atoms with van der Waals surface area (Å²) in [6, 6.07) is -0.652. The van der Waals surface area contributed by atoms with E-state index in [9.17, 15) is 23.8 Å². The molecule has 1 aliphatic carbocycles. The summed E-state index contributed by atoms with van der Waals surface area (Å²) in [5.74, 6) is -4.89. The molecule has 9 heteroatoms. The maximum Gasteiger partial charge on any atom is 0.586 e. The fraction of sp³-hybridized carbons (Fsp3) is 0.464. The van der Waals surface area contributed by atoms with Gasteiger partial charge in [-0.1, -0.05) is 26.8 Å². The van der Waals surface area contributed by atoms with Gasteiger partial charge in [-0.05, 0) is 60.5 Å². The van der Waals surface area contributed by atoms with Crippen LogP contribution < -0.4 is 9.47 Å². The van der Waals surface area contributed by atoms with Gasteiger partial charge in [-0.25, -0.2) is 4.39 Å². The Balaban J connectivity index is 1.71. The molecule has 1 atom stereocenters. The van der Waals surface area contributed by atoms with Crippen LogP contribution in [-0.2, 0) is 28.5 Å². The summed E-state index contributed by atoms with van der Waals surface area (Å²) in [6.45, 7) is -0.722. The number of aliphatic hydroxyl groups is 2. The van der Waals surface area contributed by atoms with E-state index in [1.165, 1.54) is 26.8 Å². The van der Waals surface area contributed by atoms with Crippen LogP contribution in [0.1, 0.15) is 73.2 Å². The second-order valence-electron chi connectivity index (χ2n) is 9.13. The van der Waals surface area contributed by atoms with Crippen LogP contribution in [0.4, 0.5) is 13.2 Å². The van der Waals surface area contributed by atoms with Crippen molar-refractivity contribution < 1.29 is 54.1 Å². The van der Waals surface area contributed by atoms with E-state index in [1.54, 1.807) is 0 Å². The Kier molecular flexibility index (Phi) is 3.50. The smallest absolute Gasteiger partial charge is 0.395 e. The van der Waals surface area contributed by atoms with E-state index in [1.807, 2.05) is 0 Å². The Morgan fingerprint density at radius 2 is 2.00 bits per heavy atom. The number of rotatable bonds is 9. The van der Waals surface area contributed by atoms with E-state index in [0.29, 0.717) is 10.6 Å². The molecule has 1 aliphatic heterocycles. The predicted molar refractivity (Wildman–Crippen MR) is 131 cm³/mol. The fourth-order valence-corrected chi connectivity index (χ4v) is 4.03. The number of hydrogen-bond acceptors (Lipinski definition) is 5. The van der Waals surface area contributed by atoms with Crippen molar-refractivity contribution in [1.82, 2.24) is 4.57 Å². The molecule has 3 aromatic rings. The molecule has 198 valence electrons. The topological polar surface area (TPSA) is 80.9 Å². The lowest BCUT2D eigenvalue weighted by Crippen LogP contribution is -2.26. The minimum Gasteiger partial charge on any atom is -0.395 e. The average Bonchev–Trinajstić information content (AvgIpc) is 3.31. The maximum absolute atomic E-state index is 15.9. The summed E-state index contributed by atoms with van der Waals surface area (Å²) in [4.78, 5) is 14.1. The second kappa shape index (κ2) is 8.77. The minimum atomic E-state index is -4.39. The molecule has 0 radical (unpaired) electrons. The van der Waals surface area contributed by atoms with E-state index < -0.39 is 114 Å². The molecule has 0 spiro atoms. The summed E-state index contributed by atoms with van der Waals surface area (Å²) in [5.41, 5.74) is -6.90. The molecule has 0 amide bonds. The van der Waals surface area contributed by atoms with Gasteiger partial charge in [-0.2, -0.15) is 0 Å². The molecule has 1 saturated carbocycles. The van der Waals surface area contributed by atoms with Crippen LogP contribution in [0.5, 0.6) is 11.5 Å². The molecule has 1 fully saturated rings. The van der Waals surface area contributed by atoms with Gasteiger partial charge in [0.2, 0.25) is 0 Å². The van der Waals surface area contributed by atoms with Gasteiger partial charge >= 0.3 is 6.29 Å². The molecule has 37 heavy (non-hydrogen) atoms. The summed E-state index contributed by atoms with van der Waals surface area (Å²) >= 11 is 0. The lowest BCUT2D eigenvalue weighted by Gasteiger charge is -2.26. The standard InChI is InChI=1S/C28H30F3NO5/c1-4-26(2,3)24-10-17-9-16(20(29)13-21(17)32(24)14-19(34)15-33)11-25(35)27(7-8-27)18-5-6-22-23(12-18)37-28(30,31)36-22/h5-6,9-10,12-13,19,33-34H,4,7-8,11,14-15H2,1-3H3/t19-/m0/s1/i4D2,5D,6D,7D2,8D2,12D,14D2,19D. The Hall–Kier alpha value is -3.04. The SMILES string of the molecule is [2H]c1c([2H])c(C2(C(=O)Cc3cc4cc(C(C)(C)C([2H])([2H])C)n(C([2H])([2H])[C@]([2H])(O)CO)c4cc3F)C([2H])([2H])C2([2H])[2H])c([2H])c2c1OC(F)(F)O2. The highest BCUT2D eigenvalue weighted by atomic mass is 19.3. The normalized spacial score (nSPS) is 27.4. The second-order valence-corrected chi connectivity index (χ2v) is 9.13. The molecule has 2 N–H and O–H groups in total. The van der Waals surface area contributed by atoms with Crippen LogP contribution >= 0.6 is 0 Å². The van der Waals surface area contributed by atoms with E-state index in [-0.39, 0.29) is 16.6 Å². The van der Waals surface area contributed by atoms with E-state index in [0.717, 1.165) is 6.07 Å². The fourth-order valence-electron chi connectivity index (χ4n) is 4.03. The zero-order valence-corrected chi connectivity index (χ0v) is 19.8. The first-order chi connectivity index (χ1) is 22.0. The lowest BCUT2D eigenvalue weighted by atomic mass is 9.86. The summed E-state index contributed by atoms with van der Waals surface area (Å²) in [5, 5.41) is 20.0. The highest BCUT2D eigenvalue weighted by Gasteiger charge is 2.52. The molecule has 0 unspecified atom stereocenters. The molecular weight excluding hydrogens is 487 g/mol. The molecule has 2 heterocycles. The number of aromatic nitrogens is 1. The highest BCUT2D eigenvalue weighted by molar-refractivity contribution is 5.95. The number of carbonyl (C=O) groups excluding carboxylic acids is 1. The molecule has 0 saturated heterocycles. The number of carbonyl (C=O) groups is 1. The van der Waals surface area contributed by atoms with Gasteiger partial charge in [0.1, 0.15) is 11.6 Å². The van der Waals surface area contributed by atoms with Crippen molar-refractivity contribution in [3.05, 3.63) is 59.0 Å². The number of alkyl halides is 2. The van der Waals surface area contributed by atoms with Crippen LogP contribution in [-0.4, -0.2) is 39.5 Å². The van der Waals surface area contributed by atoms with Crippen LogP contribution in [0, 0.1) is 5.82 Å². The number of ether oxygens (including phenoxy) is 2. The van der Waals surface area contributed by atoms with Crippen molar-refractivity contribution in [2.24, 2.45) is 0 Å². The van der Waals surface area contributed by atoms with E-state index >= 15 is 4.39 Å². The molecule has 0 bridgehead atoms. The van der Waals surface area contributed by atoms with Crippen molar-refractivity contribution in [3.63, 3.8) is 0 Å². The first-order valence-corrected chi connectivity index (χ1v) is 11.1. The van der Waals surface area contributed by atoms with Crippen LogP contribution in [0.3, 0.4) is 0 Å². The van der Waals surface area contributed by atoms with Gasteiger partial charge in [-0.3, -0.25) is 4.79 Å². The summed E-state index contributed by atoms with van der Waals surface area (Å²) in [6.07, 6.45) is -17.3. The third-order valence-electron chi connectivity index (χ3n) is 6.33. The van der Waals surface area contributed by atoms with E-state index in [4.69, 9.17) is 16.4 Å². The predicted octanol–water partition coefficient (Wildman–Crippen LogP) is 4.99. The molecule has 5 rings (SSSR count). The summed E-state index contributed by atoms with van der Waals surface area (Å²) < 4.78 is 153. The first-order valence-electron chi connectivity index (χ1n) is 17.1. The number of halogens is 3. The number of nitrogens with zero attached hydrogens (tertiary/aromatic N) is 1. The summed E-state index contributed by atoms with van der Waals surface area (Å²) in [7, 11) is 0. The number of benzene rings is 2. The molecule has 2 aliphatic rings. The van der Waals surface area contributed by atoms with Crippen LogP contribution in [0.25, 0.3) is 10.9 Å². The Bertz CT molecular complexity index is 1910. The molecular formula is C28H30F3NO5. The number of aliphatic hydroxyl groups excluding tert-OH is 1. The lowest BCUT2D eigenvalue weighted by molar-refractivity contribution is -0.286. The molecule has 2 aromatic carbocycles. The Morgan fingerprint density at radius 3 is 2.65 bits per heavy atom. The van der Waals surface area contributed by atoms with Gasteiger partial charge in [0.25, 0.3) is 0 Å². The number of Topliss-reactive ketones (excluding diaryl/α,β-unsaturated/α-hetero) is 1. The Labute approximate surface area is 229 Å². The van der Waals surface area contributed by atoms with Crippen molar-refractivity contribution in [2.45, 2.75) is 76.0 Å². The van der Waals surface area contributed by atoms with Crippen LogP contribution in [0.15, 0.2) is 36.3 Å². The maximum atomic E-state index is 15.9. The van der Waals surface area contributed by atoms with Crippen LogP contribution in [0.2, 0.25) is 0 Å². The number of ketones is 1. The third kappa shape index (κ3) is 4.48. The average molecular weight is 530 g/mol. The van der Waals surface area contributed by atoms with Crippen molar-refractivity contribution in [1.29, 1.82) is 0 Å². The highest BCUT2D eigenvalue weighted by Crippen LogP contribution is 2.52. The number of fused-ring (bicyclic) bond motifs is 2. The van der Waals surface area contributed by atoms with E-state index in [2.05, 4.69) is 9.47 Å². The molecule has 6 nitrogen and oxygen atoms in total. The van der Waals surface area contributed by atoms with Gasteiger partial charge in [0.15, 0.2) is 11.5 Å². The zero-order valence-electron chi connectivity index (χ0n) is 31.8. The quantitative estimate of drug-likeness (QED) is 0.409. The minimum absolute atomic E-state index is 0.0777. The van der Waals surface area contributed by atoms with Gasteiger partial charge < -0.3 is 24.3 Å². The zero-order chi connectivity index (χ0) is 37.5. The van der Waals surface area contributed by atoms with Gasteiger partial charge in [0, 0.05) is 31.1 Å². The largest absolute Gasteiger partial charge is 0.586 e. The van der Waals surface area contributed by atoms with Gasteiger partial charge in [-0.15, -0.1) is 8.78 Å². The Morgan fingerprint density at radius 1 is 1.30 bits per heavy atom.